The van der Waals surface area contributed by atoms with Crippen LogP contribution in [-0.4, -0.2) is 35.1 Å². The Morgan fingerprint density at radius 3 is 2.39 bits per heavy atom. The average Bonchev–Trinajstić information content (AvgIpc) is 2.80. The van der Waals surface area contributed by atoms with Crippen LogP contribution in [0.5, 0.6) is 11.5 Å². The SMILES string of the molecule is COc1ccc(CCNC(=O)c2cc(Br)ccc2NS(=O)(=O)c2cc(Cl)ccc2OC)cc1. The van der Waals surface area contributed by atoms with Gasteiger partial charge in [0, 0.05) is 16.0 Å². The number of methoxy groups -OCH3 is 2. The van der Waals surface area contributed by atoms with Crippen LogP contribution in [-0.2, 0) is 16.4 Å². The Bertz CT molecular complexity index is 1250. The molecule has 10 heteroatoms. The van der Waals surface area contributed by atoms with Crippen molar-refractivity contribution < 1.29 is 22.7 Å². The van der Waals surface area contributed by atoms with Gasteiger partial charge in [-0.1, -0.05) is 39.7 Å². The van der Waals surface area contributed by atoms with Crippen LogP contribution in [0.2, 0.25) is 5.02 Å². The van der Waals surface area contributed by atoms with E-state index in [1.165, 1.54) is 31.4 Å². The first-order valence-electron chi connectivity index (χ1n) is 9.80. The fourth-order valence-electron chi connectivity index (χ4n) is 3.06. The number of anilines is 1. The van der Waals surface area contributed by atoms with Gasteiger partial charge in [0.2, 0.25) is 0 Å². The quantitative estimate of drug-likeness (QED) is 0.393. The summed E-state index contributed by atoms with van der Waals surface area (Å²) in [5.74, 6) is 0.472. The van der Waals surface area contributed by atoms with Crippen LogP contribution >= 0.6 is 27.5 Å². The van der Waals surface area contributed by atoms with Gasteiger partial charge in [-0.15, -0.1) is 0 Å². The summed E-state index contributed by atoms with van der Waals surface area (Å²) >= 11 is 9.32. The Kier molecular flexibility index (Phi) is 8.23. The van der Waals surface area contributed by atoms with E-state index < -0.39 is 15.9 Å². The van der Waals surface area contributed by atoms with Gasteiger partial charge < -0.3 is 14.8 Å². The van der Waals surface area contributed by atoms with E-state index in [4.69, 9.17) is 21.1 Å². The van der Waals surface area contributed by atoms with Crippen molar-refractivity contribution in [2.45, 2.75) is 11.3 Å². The van der Waals surface area contributed by atoms with Crippen LogP contribution < -0.4 is 19.5 Å². The molecule has 1 amide bonds. The Labute approximate surface area is 206 Å². The topological polar surface area (TPSA) is 93.7 Å². The van der Waals surface area contributed by atoms with Gasteiger partial charge in [0.1, 0.15) is 16.4 Å². The van der Waals surface area contributed by atoms with Crippen LogP contribution in [0, 0.1) is 0 Å². The molecule has 0 aliphatic heterocycles. The van der Waals surface area contributed by atoms with Crippen LogP contribution in [0.25, 0.3) is 0 Å². The molecule has 33 heavy (non-hydrogen) atoms. The number of benzene rings is 3. The van der Waals surface area contributed by atoms with Gasteiger partial charge in [0.15, 0.2) is 0 Å². The first kappa shape index (κ1) is 24.9. The van der Waals surface area contributed by atoms with Crippen molar-refractivity contribution in [1.29, 1.82) is 0 Å². The third-order valence-corrected chi connectivity index (χ3v) is 6.86. The third kappa shape index (κ3) is 6.40. The zero-order valence-corrected chi connectivity index (χ0v) is 21.1. The Morgan fingerprint density at radius 2 is 1.73 bits per heavy atom. The summed E-state index contributed by atoms with van der Waals surface area (Å²) in [6, 6.07) is 16.5. The number of ether oxygens (including phenoxy) is 2. The molecule has 0 aliphatic carbocycles. The summed E-state index contributed by atoms with van der Waals surface area (Å²) in [6.07, 6.45) is 0.602. The van der Waals surface area contributed by atoms with Gasteiger partial charge in [0.25, 0.3) is 15.9 Å². The lowest BCUT2D eigenvalue weighted by Crippen LogP contribution is -2.27. The molecular weight excluding hydrogens is 532 g/mol. The predicted octanol–water partition coefficient (Wildman–Crippen LogP) is 4.89. The summed E-state index contributed by atoms with van der Waals surface area (Å²) in [5, 5.41) is 3.07. The minimum Gasteiger partial charge on any atom is -0.497 e. The third-order valence-electron chi connectivity index (χ3n) is 4.74. The maximum Gasteiger partial charge on any atom is 0.265 e. The minimum atomic E-state index is -4.08. The second-order valence-corrected chi connectivity index (χ2v) is 9.95. The summed E-state index contributed by atoms with van der Waals surface area (Å²) < 4.78 is 39.5. The van der Waals surface area contributed by atoms with Crippen molar-refractivity contribution in [2.75, 3.05) is 25.5 Å². The van der Waals surface area contributed by atoms with Crippen molar-refractivity contribution in [3.63, 3.8) is 0 Å². The summed E-state index contributed by atoms with van der Waals surface area (Å²) in [4.78, 5) is 12.7. The largest absolute Gasteiger partial charge is 0.497 e. The van der Waals surface area contributed by atoms with Gasteiger partial charge in [-0.2, -0.15) is 0 Å². The molecule has 0 atom stereocenters. The maximum absolute atomic E-state index is 13.0. The fourth-order valence-corrected chi connectivity index (χ4v) is 4.94. The number of hydrogen-bond acceptors (Lipinski definition) is 5. The number of carbonyl (C=O) groups is 1. The molecule has 0 aliphatic rings. The average molecular weight is 554 g/mol. The van der Waals surface area contributed by atoms with E-state index in [1.807, 2.05) is 24.3 Å². The lowest BCUT2D eigenvalue weighted by Gasteiger charge is -2.15. The molecule has 0 saturated carbocycles. The number of sulfonamides is 1. The molecule has 3 rings (SSSR count). The van der Waals surface area contributed by atoms with Crippen molar-refractivity contribution in [3.05, 3.63) is 81.3 Å². The van der Waals surface area contributed by atoms with E-state index in [1.54, 1.807) is 19.2 Å². The van der Waals surface area contributed by atoms with E-state index in [-0.39, 0.29) is 26.9 Å². The van der Waals surface area contributed by atoms with Crippen LogP contribution in [0.1, 0.15) is 15.9 Å². The summed E-state index contributed by atoms with van der Waals surface area (Å²) in [6.45, 7) is 0.367. The van der Waals surface area contributed by atoms with Gasteiger partial charge in [-0.05, 0) is 60.5 Å². The number of halogens is 2. The number of amides is 1. The van der Waals surface area contributed by atoms with E-state index >= 15 is 0 Å². The molecule has 0 spiro atoms. The molecule has 0 fully saturated rings. The van der Waals surface area contributed by atoms with Gasteiger partial charge >= 0.3 is 0 Å². The molecule has 174 valence electrons. The van der Waals surface area contributed by atoms with Crippen LogP contribution in [0.15, 0.2) is 70.0 Å². The second kappa shape index (κ2) is 10.9. The van der Waals surface area contributed by atoms with Crippen molar-refractivity contribution in [2.24, 2.45) is 0 Å². The van der Waals surface area contributed by atoms with E-state index in [9.17, 15) is 13.2 Å². The van der Waals surface area contributed by atoms with E-state index in [0.29, 0.717) is 17.4 Å². The van der Waals surface area contributed by atoms with Crippen molar-refractivity contribution in [1.82, 2.24) is 5.32 Å². The van der Waals surface area contributed by atoms with Crippen molar-refractivity contribution >= 4 is 49.1 Å². The molecule has 0 saturated heterocycles. The first-order valence-corrected chi connectivity index (χ1v) is 12.5. The maximum atomic E-state index is 13.0. The van der Waals surface area contributed by atoms with Gasteiger partial charge in [-0.25, -0.2) is 8.42 Å². The molecule has 2 N–H and O–H groups in total. The van der Waals surface area contributed by atoms with Gasteiger partial charge in [-0.3, -0.25) is 9.52 Å². The standard InChI is InChI=1S/C23H22BrClN2O5S/c1-31-18-7-3-15(4-8-18)11-12-26-23(28)19-13-16(24)5-9-20(19)27-33(29,30)22-14-17(25)6-10-21(22)32-2/h3-10,13-14,27H,11-12H2,1-2H3,(H,26,28). The molecule has 3 aromatic carbocycles. The fraction of sp³-hybridized carbons (Fsp3) is 0.174. The van der Waals surface area contributed by atoms with Crippen LogP contribution in [0.3, 0.4) is 0 Å². The molecular formula is C23H22BrClN2O5S. The second-order valence-electron chi connectivity index (χ2n) is 6.94. The molecule has 0 unspecified atom stereocenters. The number of carbonyl (C=O) groups excluding carboxylic acids is 1. The lowest BCUT2D eigenvalue weighted by atomic mass is 10.1. The number of rotatable bonds is 9. The highest BCUT2D eigenvalue weighted by Gasteiger charge is 2.23. The molecule has 0 radical (unpaired) electrons. The predicted molar refractivity (Wildman–Crippen MR) is 132 cm³/mol. The lowest BCUT2D eigenvalue weighted by molar-refractivity contribution is 0.0955. The molecule has 0 aromatic heterocycles. The number of nitrogens with one attached hydrogen (secondary N) is 2. The summed E-state index contributed by atoms with van der Waals surface area (Å²) in [7, 11) is -1.12. The zero-order valence-electron chi connectivity index (χ0n) is 17.9. The first-order chi connectivity index (χ1) is 15.7. The van der Waals surface area contributed by atoms with Crippen LogP contribution in [0.4, 0.5) is 5.69 Å². The van der Waals surface area contributed by atoms with Crippen molar-refractivity contribution in [3.8, 4) is 11.5 Å². The summed E-state index contributed by atoms with van der Waals surface area (Å²) in [5.41, 5.74) is 1.32. The highest BCUT2D eigenvalue weighted by Crippen LogP contribution is 2.30. The molecule has 3 aromatic rings. The van der Waals surface area contributed by atoms with E-state index in [2.05, 4.69) is 26.0 Å². The molecule has 7 nitrogen and oxygen atoms in total. The Hall–Kier alpha value is -2.75. The highest BCUT2D eigenvalue weighted by molar-refractivity contribution is 9.10. The minimum absolute atomic E-state index is 0.127. The monoisotopic (exact) mass is 552 g/mol. The zero-order chi connectivity index (χ0) is 24.0. The normalized spacial score (nSPS) is 11.0. The Balaban J connectivity index is 1.78. The number of hydrogen-bond donors (Lipinski definition) is 2. The molecule has 0 bridgehead atoms. The smallest absolute Gasteiger partial charge is 0.265 e. The molecule has 0 heterocycles. The highest BCUT2D eigenvalue weighted by atomic mass is 79.9. The van der Waals surface area contributed by atoms with E-state index in [0.717, 1.165) is 11.3 Å². The van der Waals surface area contributed by atoms with Gasteiger partial charge in [0.05, 0.1) is 25.5 Å². The Morgan fingerprint density at radius 1 is 1.00 bits per heavy atom.